The van der Waals surface area contributed by atoms with E-state index < -0.39 is 0 Å². The number of hydrogen-bond acceptors (Lipinski definition) is 3. The standard InChI is InChI=1S/C18H17NO2S/c1-12-7-8-22-17(12)18(20)19-11-13-3-4-15-10-16(21-2)6-5-14(15)9-13/h3-10H,11H2,1-2H3,(H,19,20). The molecule has 1 N–H and O–H groups in total. The van der Waals surface area contributed by atoms with E-state index in [1.807, 2.05) is 42.6 Å². The zero-order valence-corrected chi connectivity index (χ0v) is 13.4. The van der Waals surface area contributed by atoms with E-state index in [1.165, 1.54) is 11.3 Å². The van der Waals surface area contributed by atoms with E-state index in [0.29, 0.717) is 6.54 Å². The molecular formula is C18H17NO2S. The number of benzene rings is 2. The van der Waals surface area contributed by atoms with E-state index in [1.54, 1.807) is 7.11 Å². The van der Waals surface area contributed by atoms with Gasteiger partial charge >= 0.3 is 0 Å². The van der Waals surface area contributed by atoms with Crippen LogP contribution in [-0.4, -0.2) is 13.0 Å². The van der Waals surface area contributed by atoms with Gasteiger partial charge in [-0.25, -0.2) is 0 Å². The Morgan fingerprint density at radius 3 is 2.64 bits per heavy atom. The highest BCUT2D eigenvalue weighted by Crippen LogP contribution is 2.22. The Kier molecular flexibility index (Phi) is 4.11. The number of aryl methyl sites for hydroxylation is 1. The van der Waals surface area contributed by atoms with Crippen LogP contribution in [0.2, 0.25) is 0 Å². The van der Waals surface area contributed by atoms with Gasteiger partial charge in [0.25, 0.3) is 5.91 Å². The molecule has 3 nitrogen and oxygen atoms in total. The van der Waals surface area contributed by atoms with Crippen LogP contribution in [0.3, 0.4) is 0 Å². The molecule has 3 aromatic rings. The third kappa shape index (κ3) is 2.97. The largest absolute Gasteiger partial charge is 0.497 e. The number of nitrogens with one attached hydrogen (secondary N) is 1. The van der Waals surface area contributed by atoms with Gasteiger partial charge in [0.2, 0.25) is 0 Å². The van der Waals surface area contributed by atoms with Crippen molar-refractivity contribution >= 4 is 28.0 Å². The Morgan fingerprint density at radius 1 is 1.14 bits per heavy atom. The number of methoxy groups -OCH3 is 1. The summed E-state index contributed by atoms with van der Waals surface area (Å²) in [6, 6.07) is 14.1. The van der Waals surface area contributed by atoms with Crippen LogP contribution in [0.25, 0.3) is 10.8 Å². The lowest BCUT2D eigenvalue weighted by molar-refractivity contribution is 0.0954. The number of rotatable bonds is 4. The number of carbonyl (C=O) groups is 1. The highest BCUT2D eigenvalue weighted by Gasteiger charge is 2.09. The van der Waals surface area contributed by atoms with Crippen molar-refractivity contribution in [3.05, 3.63) is 63.8 Å². The average Bonchev–Trinajstić information content (AvgIpc) is 2.98. The molecule has 0 spiro atoms. The van der Waals surface area contributed by atoms with Gasteiger partial charge in [-0.2, -0.15) is 0 Å². The van der Waals surface area contributed by atoms with Crippen LogP contribution < -0.4 is 10.1 Å². The Balaban J connectivity index is 1.74. The van der Waals surface area contributed by atoms with Crippen LogP contribution in [0.15, 0.2) is 47.8 Å². The van der Waals surface area contributed by atoms with E-state index >= 15 is 0 Å². The molecule has 0 aliphatic rings. The van der Waals surface area contributed by atoms with Crippen molar-refractivity contribution in [3.63, 3.8) is 0 Å². The molecule has 22 heavy (non-hydrogen) atoms. The quantitative estimate of drug-likeness (QED) is 0.786. The summed E-state index contributed by atoms with van der Waals surface area (Å²) in [5, 5.41) is 7.18. The second-order valence-electron chi connectivity index (χ2n) is 5.16. The summed E-state index contributed by atoms with van der Waals surface area (Å²) in [6.07, 6.45) is 0. The molecule has 0 atom stereocenters. The minimum Gasteiger partial charge on any atom is -0.497 e. The molecule has 0 unspecified atom stereocenters. The molecule has 0 aliphatic heterocycles. The van der Waals surface area contributed by atoms with Gasteiger partial charge in [-0.15, -0.1) is 11.3 Å². The maximum Gasteiger partial charge on any atom is 0.261 e. The number of carbonyl (C=O) groups excluding carboxylic acids is 1. The first-order valence-electron chi connectivity index (χ1n) is 7.06. The smallest absolute Gasteiger partial charge is 0.261 e. The molecule has 4 heteroatoms. The van der Waals surface area contributed by atoms with Crippen molar-refractivity contribution in [2.45, 2.75) is 13.5 Å². The molecule has 0 aliphatic carbocycles. The summed E-state index contributed by atoms with van der Waals surface area (Å²) in [7, 11) is 1.66. The fourth-order valence-electron chi connectivity index (χ4n) is 2.38. The zero-order chi connectivity index (χ0) is 15.5. The van der Waals surface area contributed by atoms with Crippen LogP contribution in [0, 0.1) is 6.92 Å². The Morgan fingerprint density at radius 2 is 1.91 bits per heavy atom. The summed E-state index contributed by atoms with van der Waals surface area (Å²) in [5.41, 5.74) is 2.10. The third-order valence-corrected chi connectivity index (χ3v) is 4.65. The van der Waals surface area contributed by atoms with Crippen LogP contribution in [0.1, 0.15) is 20.8 Å². The lowest BCUT2D eigenvalue weighted by Gasteiger charge is -2.07. The minimum absolute atomic E-state index is 0.0117. The molecule has 0 radical (unpaired) electrons. The van der Waals surface area contributed by atoms with Crippen LogP contribution in [0.4, 0.5) is 0 Å². The lowest BCUT2D eigenvalue weighted by atomic mass is 10.1. The first-order valence-corrected chi connectivity index (χ1v) is 7.94. The van der Waals surface area contributed by atoms with E-state index in [9.17, 15) is 4.79 Å². The zero-order valence-electron chi connectivity index (χ0n) is 12.6. The molecule has 3 rings (SSSR count). The molecular weight excluding hydrogens is 294 g/mol. The molecule has 1 amide bonds. The van der Waals surface area contributed by atoms with Crippen LogP contribution in [0.5, 0.6) is 5.75 Å². The van der Waals surface area contributed by atoms with Gasteiger partial charge in [-0.3, -0.25) is 4.79 Å². The highest BCUT2D eigenvalue weighted by molar-refractivity contribution is 7.12. The Bertz CT molecular complexity index is 823. The van der Waals surface area contributed by atoms with Crippen molar-refractivity contribution in [2.24, 2.45) is 0 Å². The normalized spacial score (nSPS) is 10.6. The van der Waals surface area contributed by atoms with Gasteiger partial charge in [-0.05, 0) is 58.5 Å². The maximum absolute atomic E-state index is 12.1. The Hall–Kier alpha value is -2.33. The summed E-state index contributed by atoms with van der Waals surface area (Å²) < 4.78 is 5.23. The molecule has 112 valence electrons. The molecule has 0 saturated heterocycles. The van der Waals surface area contributed by atoms with Gasteiger partial charge in [0.15, 0.2) is 0 Å². The molecule has 0 saturated carbocycles. The number of thiophene rings is 1. The third-order valence-electron chi connectivity index (χ3n) is 3.63. The summed E-state index contributed by atoms with van der Waals surface area (Å²) in [4.78, 5) is 12.9. The second kappa shape index (κ2) is 6.20. The SMILES string of the molecule is COc1ccc2cc(CNC(=O)c3sccc3C)ccc2c1. The van der Waals surface area contributed by atoms with E-state index in [-0.39, 0.29) is 5.91 Å². The molecule has 1 aromatic heterocycles. The number of ether oxygens (including phenoxy) is 1. The summed E-state index contributed by atoms with van der Waals surface area (Å²) in [5.74, 6) is 0.837. The number of amides is 1. The molecule has 0 fully saturated rings. The van der Waals surface area contributed by atoms with E-state index in [2.05, 4.69) is 17.4 Å². The summed E-state index contributed by atoms with van der Waals surface area (Å²) >= 11 is 1.47. The highest BCUT2D eigenvalue weighted by atomic mass is 32.1. The minimum atomic E-state index is -0.0117. The number of hydrogen-bond donors (Lipinski definition) is 1. The first kappa shape index (κ1) is 14.6. The lowest BCUT2D eigenvalue weighted by Crippen LogP contribution is -2.22. The molecule has 2 aromatic carbocycles. The molecule has 1 heterocycles. The van der Waals surface area contributed by atoms with Gasteiger partial charge < -0.3 is 10.1 Å². The monoisotopic (exact) mass is 311 g/mol. The first-order chi connectivity index (χ1) is 10.7. The fraction of sp³-hybridized carbons (Fsp3) is 0.167. The fourth-order valence-corrected chi connectivity index (χ4v) is 3.22. The van der Waals surface area contributed by atoms with Crippen molar-refractivity contribution in [1.29, 1.82) is 0 Å². The van der Waals surface area contributed by atoms with Gasteiger partial charge in [0, 0.05) is 6.54 Å². The second-order valence-corrected chi connectivity index (χ2v) is 6.08. The van der Waals surface area contributed by atoms with Gasteiger partial charge in [0.05, 0.1) is 12.0 Å². The Labute approximate surface area is 133 Å². The van der Waals surface area contributed by atoms with Crippen molar-refractivity contribution in [1.82, 2.24) is 5.32 Å². The predicted molar refractivity (Wildman–Crippen MR) is 90.7 cm³/mol. The van der Waals surface area contributed by atoms with E-state index in [0.717, 1.165) is 32.5 Å². The van der Waals surface area contributed by atoms with Gasteiger partial charge in [0.1, 0.15) is 5.75 Å². The number of fused-ring (bicyclic) bond motifs is 1. The molecule has 0 bridgehead atoms. The van der Waals surface area contributed by atoms with Crippen LogP contribution >= 0.6 is 11.3 Å². The van der Waals surface area contributed by atoms with Crippen molar-refractivity contribution < 1.29 is 9.53 Å². The topological polar surface area (TPSA) is 38.3 Å². The van der Waals surface area contributed by atoms with Gasteiger partial charge in [-0.1, -0.05) is 18.2 Å². The van der Waals surface area contributed by atoms with Crippen LogP contribution in [-0.2, 0) is 6.54 Å². The van der Waals surface area contributed by atoms with E-state index in [4.69, 9.17) is 4.74 Å². The predicted octanol–water partition coefficient (Wildman–Crippen LogP) is 4.15. The average molecular weight is 311 g/mol. The van der Waals surface area contributed by atoms with Crippen molar-refractivity contribution in [3.8, 4) is 5.75 Å². The summed E-state index contributed by atoms with van der Waals surface area (Å²) in [6.45, 7) is 2.48. The maximum atomic E-state index is 12.1. The van der Waals surface area contributed by atoms with Crippen molar-refractivity contribution in [2.75, 3.05) is 7.11 Å².